The van der Waals surface area contributed by atoms with Gasteiger partial charge >= 0.3 is 5.97 Å². The van der Waals surface area contributed by atoms with Crippen molar-refractivity contribution in [1.82, 2.24) is 9.78 Å². The minimum atomic E-state index is -1.11. The molecular weight excluding hydrogens is 321 g/mol. The predicted octanol–water partition coefficient (Wildman–Crippen LogP) is 1.46. The highest BCUT2D eigenvalue weighted by Crippen LogP contribution is 2.11. The zero-order valence-corrected chi connectivity index (χ0v) is 11.3. The maximum absolute atomic E-state index is 10.7. The number of nitrogens with two attached hydrogens (primary N) is 1. The van der Waals surface area contributed by atoms with Crippen molar-refractivity contribution in [3.63, 3.8) is 0 Å². The fraction of sp³-hybridized carbons (Fsp3) is 0.600. The Morgan fingerprint density at radius 2 is 2.38 bits per heavy atom. The molecule has 0 aliphatic carbocycles. The highest BCUT2D eigenvalue weighted by Gasteiger charge is 2.26. The molecule has 0 aliphatic heterocycles. The minimum Gasteiger partial charge on any atom is -0.480 e. The van der Waals surface area contributed by atoms with Gasteiger partial charge in [0, 0.05) is 12.7 Å². The van der Waals surface area contributed by atoms with Gasteiger partial charge in [-0.3, -0.25) is 9.48 Å². The summed E-state index contributed by atoms with van der Waals surface area (Å²) in [5.74, 6) is -0.943. The molecule has 1 atom stereocenters. The van der Waals surface area contributed by atoms with Crippen LogP contribution in [0.15, 0.2) is 12.4 Å². The van der Waals surface area contributed by atoms with Gasteiger partial charge in [-0.05, 0) is 48.8 Å². The Balaban J connectivity index is 2.24. The Morgan fingerprint density at radius 1 is 1.69 bits per heavy atom. The smallest absolute Gasteiger partial charge is 0.323 e. The maximum atomic E-state index is 10.7. The predicted molar refractivity (Wildman–Crippen MR) is 69.0 cm³/mol. The average Bonchev–Trinajstić information content (AvgIpc) is 2.59. The summed E-state index contributed by atoms with van der Waals surface area (Å²) in [6, 6.07) is 0. The van der Waals surface area contributed by atoms with E-state index in [-0.39, 0.29) is 0 Å². The first-order valence-corrected chi connectivity index (χ1v) is 6.20. The summed E-state index contributed by atoms with van der Waals surface area (Å²) >= 11 is 2.20. The molecule has 0 bridgehead atoms. The molecule has 1 aromatic heterocycles. The third-order valence-electron chi connectivity index (χ3n) is 2.42. The molecule has 0 amide bonds. The monoisotopic (exact) mass is 337 g/mol. The van der Waals surface area contributed by atoms with Gasteiger partial charge < -0.3 is 10.8 Å². The Bertz CT molecular complexity index is 363. The number of unbranched alkanes of at least 4 members (excludes halogenated alkanes) is 1. The number of carbonyl (C=O) groups is 1. The van der Waals surface area contributed by atoms with E-state index in [0.717, 1.165) is 23.0 Å². The number of hydrogen-bond donors (Lipinski definition) is 2. The van der Waals surface area contributed by atoms with E-state index in [1.54, 1.807) is 13.1 Å². The first kappa shape index (κ1) is 13.4. The summed E-state index contributed by atoms with van der Waals surface area (Å²) in [5.41, 5.74) is 4.51. The zero-order valence-electron chi connectivity index (χ0n) is 9.19. The standard InChI is InChI=1S/C10H16IN3O2/c1-10(12,9(15)16)4-2-3-5-14-7-8(11)6-13-14/h6-7H,2-5,12H2,1H3,(H,15,16). The number of halogens is 1. The van der Waals surface area contributed by atoms with Crippen LogP contribution in [0, 0.1) is 3.57 Å². The number of aliphatic carboxylic acids is 1. The van der Waals surface area contributed by atoms with E-state index in [9.17, 15) is 4.79 Å². The molecule has 0 aliphatic rings. The minimum absolute atomic E-state index is 0.487. The molecule has 0 fully saturated rings. The van der Waals surface area contributed by atoms with Crippen molar-refractivity contribution in [2.24, 2.45) is 5.73 Å². The SMILES string of the molecule is CC(N)(CCCCn1cc(I)cn1)C(=O)O. The van der Waals surface area contributed by atoms with Gasteiger partial charge in [0.05, 0.1) is 9.77 Å². The van der Waals surface area contributed by atoms with Crippen LogP contribution < -0.4 is 5.73 Å². The van der Waals surface area contributed by atoms with Gasteiger partial charge in [-0.25, -0.2) is 0 Å². The molecule has 1 rings (SSSR count). The summed E-state index contributed by atoms with van der Waals surface area (Å²) in [7, 11) is 0. The lowest BCUT2D eigenvalue weighted by Crippen LogP contribution is -2.44. The second-order valence-electron chi connectivity index (χ2n) is 4.10. The van der Waals surface area contributed by atoms with Crippen molar-refractivity contribution in [1.29, 1.82) is 0 Å². The van der Waals surface area contributed by atoms with Gasteiger partial charge in [0.1, 0.15) is 5.54 Å². The fourth-order valence-electron chi connectivity index (χ4n) is 1.33. The Morgan fingerprint density at radius 3 is 2.88 bits per heavy atom. The van der Waals surface area contributed by atoms with Crippen LogP contribution in [0.1, 0.15) is 26.2 Å². The van der Waals surface area contributed by atoms with Crippen LogP contribution in [-0.2, 0) is 11.3 Å². The highest BCUT2D eigenvalue weighted by molar-refractivity contribution is 14.1. The number of carboxylic acid groups (broad SMARTS) is 1. The third-order valence-corrected chi connectivity index (χ3v) is 2.98. The van der Waals surface area contributed by atoms with Crippen LogP contribution in [0.3, 0.4) is 0 Å². The van der Waals surface area contributed by atoms with Crippen molar-refractivity contribution in [2.45, 2.75) is 38.3 Å². The first-order valence-electron chi connectivity index (χ1n) is 5.12. The number of hydrogen-bond acceptors (Lipinski definition) is 3. The van der Waals surface area contributed by atoms with E-state index < -0.39 is 11.5 Å². The van der Waals surface area contributed by atoms with Gasteiger partial charge in [0.25, 0.3) is 0 Å². The molecule has 1 aromatic rings. The molecule has 0 aromatic carbocycles. The number of aryl methyl sites for hydroxylation is 1. The molecule has 1 unspecified atom stereocenters. The van der Waals surface area contributed by atoms with Crippen LogP contribution in [0.5, 0.6) is 0 Å². The van der Waals surface area contributed by atoms with Crippen molar-refractivity contribution < 1.29 is 9.90 Å². The number of rotatable bonds is 6. The van der Waals surface area contributed by atoms with Gasteiger partial charge in [0.15, 0.2) is 0 Å². The van der Waals surface area contributed by atoms with Gasteiger partial charge in [-0.1, -0.05) is 0 Å². The van der Waals surface area contributed by atoms with E-state index in [2.05, 4.69) is 27.7 Å². The molecule has 0 saturated carbocycles. The Hall–Kier alpha value is -0.630. The Labute approximate surface area is 108 Å². The van der Waals surface area contributed by atoms with Crippen LogP contribution in [-0.4, -0.2) is 26.4 Å². The molecule has 6 heteroatoms. The number of carboxylic acids is 1. The molecule has 0 radical (unpaired) electrons. The van der Waals surface area contributed by atoms with E-state index >= 15 is 0 Å². The van der Waals surface area contributed by atoms with Gasteiger partial charge in [-0.15, -0.1) is 0 Å². The van der Waals surface area contributed by atoms with Crippen molar-refractivity contribution in [2.75, 3.05) is 0 Å². The van der Waals surface area contributed by atoms with E-state index in [1.165, 1.54) is 0 Å². The molecule has 16 heavy (non-hydrogen) atoms. The lowest BCUT2D eigenvalue weighted by molar-refractivity contribution is -0.142. The molecule has 3 N–H and O–H groups in total. The summed E-state index contributed by atoms with van der Waals surface area (Å²) in [4.78, 5) is 10.7. The molecule has 5 nitrogen and oxygen atoms in total. The van der Waals surface area contributed by atoms with Crippen LogP contribution in [0.4, 0.5) is 0 Å². The summed E-state index contributed by atoms with van der Waals surface area (Å²) in [5, 5.41) is 13.0. The maximum Gasteiger partial charge on any atom is 0.323 e. The lowest BCUT2D eigenvalue weighted by atomic mass is 9.96. The van der Waals surface area contributed by atoms with E-state index in [4.69, 9.17) is 10.8 Å². The molecule has 90 valence electrons. The summed E-state index contributed by atoms with van der Waals surface area (Å²) in [6.07, 6.45) is 5.92. The molecule has 0 saturated heterocycles. The average molecular weight is 337 g/mol. The van der Waals surface area contributed by atoms with Crippen LogP contribution >= 0.6 is 22.6 Å². The van der Waals surface area contributed by atoms with E-state index in [1.807, 2.05) is 10.9 Å². The van der Waals surface area contributed by atoms with Crippen LogP contribution in [0.2, 0.25) is 0 Å². The van der Waals surface area contributed by atoms with Crippen molar-refractivity contribution in [3.05, 3.63) is 16.0 Å². The summed E-state index contributed by atoms with van der Waals surface area (Å²) in [6.45, 7) is 2.35. The summed E-state index contributed by atoms with van der Waals surface area (Å²) < 4.78 is 2.96. The normalized spacial score (nSPS) is 14.7. The molecular formula is C10H16IN3O2. The second kappa shape index (κ2) is 5.62. The highest BCUT2D eigenvalue weighted by atomic mass is 127. The van der Waals surface area contributed by atoms with E-state index in [0.29, 0.717) is 6.42 Å². The quantitative estimate of drug-likeness (QED) is 0.608. The Kier molecular flexibility index (Phi) is 4.72. The van der Waals surface area contributed by atoms with Crippen molar-refractivity contribution >= 4 is 28.6 Å². The lowest BCUT2D eigenvalue weighted by Gasteiger charge is -2.18. The molecule has 1 heterocycles. The number of nitrogens with zero attached hydrogens (tertiary/aromatic N) is 2. The van der Waals surface area contributed by atoms with Crippen LogP contribution in [0.25, 0.3) is 0 Å². The van der Waals surface area contributed by atoms with Crippen molar-refractivity contribution in [3.8, 4) is 0 Å². The second-order valence-corrected chi connectivity index (χ2v) is 5.35. The fourth-order valence-corrected chi connectivity index (χ4v) is 1.78. The zero-order chi connectivity index (χ0) is 12.2. The molecule has 0 spiro atoms. The number of aromatic nitrogens is 2. The third kappa shape index (κ3) is 4.09. The topological polar surface area (TPSA) is 81.1 Å². The first-order chi connectivity index (χ1) is 7.42. The largest absolute Gasteiger partial charge is 0.480 e. The van der Waals surface area contributed by atoms with Gasteiger partial charge in [-0.2, -0.15) is 5.10 Å². The van der Waals surface area contributed by atoms with Gasteiger partial charge in [0.2, 0.25) is 0 Å².